The first-order valence-corrected chi connectivity index (χ1v) is 10.9. The molecule has 0 saturated carbocycles. The quantitative estimate of drug-likeness (QED) is 0.314. The van der Waals surface area contributed by atoms with E-state index in [1.54, 1.807) is 53.5 Å². The van der Waals surface area contributed by atoms with Gasteiger partial charge in [-0.05, 0) is 53.6 Å². The molecule has 1 N–H and O–H groups in total. The van der Waals surface area contributed by atoms with Gasteiger partial charge in [-0.3, -0.25) is 9.48 Å². The maximum absolute atomic E-state index is 13.0. The summed E-state index contributed by atoms with van der Waals surface area (Å²) in [7, 11) is 0. The molecule has 3 aromatic carbocycles. The minimum atomic E-state index is -0.281. The van der Waals surface area contributed by atoms with E-state index < -0.39 is 0 Å². The summed E-state index contributed by atoms with van der Waals surface area (Å²) in [6.07, 6.45) is 3.30. The summed E-state index contributed by atoms with van der Waals surface area (Å²) in [5.41, 5.74) is 2.92. The number of halogens is 3. The number of anilines is 1. The zero-order chi connectivity index (χ0) is 22.5. The number of nitrogens with one attached hydrogen (secondary N) is 1. The SMILES string of the molecule is O=C(Nc1cnn(Cc2ccc(F)cc2)c1)c1ccc(COc2ccc(Br)cc2Cl)cc1. The van der Waals surface area contributed by atoms with Crippen molar-refractivity contribution in [2.75, 3.05) is 5.32 Å². The number of hydrogen-bond donors (Lipinski definition) is 1. The van der Waals surface area contributed by atoms with Crippen LogP contribution < -0.4 is 10.1 Å². The largest absolute Gasteiger partial charge is 0.487 e. The summed E-state index contributed by atoms with van der Waals surface area (Å²) < 4.78 is 21.3. The number of carbonyl (C=O) groups excluding carboxylic acids is 1. The Morgan fingerprint density at radius 2 is 1.78 bits per heavy atom. The zero-order valence-corrected chi connectivity index (χ0v) is 19.1. The Bertz CT molecular complexity index is 1230. The monoisotopic (exact) mass is 513 g/mol. The molecular formula is C24H18BrClFN3O2. The van der Waals surface area contributed by atoms with Crippen LogP contribution in [0, 0.1) is 5.82 Å². The summed E-state index contributed by atoms with van der Waals surface area (Å²) in [6.45, 7) is 0.812. The molecule has 1 heterocycles. The predicted molar refractivity (Wildman–Crippen MR) is 126 cm³/mol. The molecular weight excluding hydrogens is 497 g/mol. The van der Waals surface area contributed by atoms with E-state index in [1.165, 1.54) is 12.1 Å². The predicted octanol–water partition coefficient (Wildman–Crippen LogP) is 6.32. The summed E-state index contributed by atoms with van der Waals surface area (Å²) in [5, 5.41) is 7.59. The van der Waals surface area contributed by atoms with E-state index in [0.717, 1.165) is 15.6 Å². The number of rotatable bonds is 7. The Kier molecular flexibility index (Phi) is 6.87. The van der Waals surface area contributed by atoms with Gasteiger partial charge in [-0.15, -0.1) is 0 Å². The van der Waals surface area contributed by atoms with Crippen molar-refractivity contribution < 1.29 is 13.9 Å². The van der Waals surface area contributed by atoms with Gasteiger partial charge in [0.15, 0.2) is 0 Å². The van der Waals surface area contributed by atoms with Crippen molar-refractivity contribution in [1.29, 1.82) is 0 Å². The lowest BCUT2D eigenvalue weighted by Crippen LogP contribution is -2.11. The van der Waals surface area contributed by atoms with Gasteiger partial charge in [0.05, 0.1) is 23.5 Å². The molecule has 0 radical (unpaired) electrons. The lowest BCUT2D eigenvalue weighted by atomic mass is 10.1. The van der Waals surface area contributed by atoms with Crippen LogP contribution in [0.2, 0.25) is 5.02 Å². The average molecular weight is 515 g/mol. The summed E-state index contributed by atoms with van der Waals surface area (Å²) in [6, 6.07) is 18.8. The number of hydrogen-bond acceptors (Lipinski definition) is 3. The molecule has 0 aliphatic heterocycles. The summed E-state index contributed by atoms with van der Waals surface area (Å²) >= 11 is 9.52. The van der Waals surface area contributed by atoms with Crippen LogP contribution in [0.1, 0.15) is 21.5 Å². The van der Waals surface area contributed by atoms with Crippen molar-refractivity contribution >= 4 is 39.1 Å². The number of carbonyl (C=O) groups is 1. The van der Waals surface area contributed by atoms with Gasteiger partial charge in [0.1, 0.15) is 18.2 Å². The van der Waals surface area contributed by atoms with Crippen LogP contribution >= 0.6 is 27.5 Å². The Labute approximate surface area is 197 Å². The second-order valence-electron chi connectivity index (χ2n) is 7.07. The molecule has 5 nitrogen and oxygen atoms in total. The minimum absolute atomic E-state index is 0.241. The lowest BCUT2D eigenvalue weighted by molar-refractivity contribution is 0.102. The van der Waals surface area contributed by atoms with Crippen LogP contribution in [-0.4, -0.2) is 15.7 Å². The number of benzene rings is 3. The van der Waals surface area contributed by atoms with Gasteiger partial charge in [-0.25, -0.2) is 4.39 Å². The highest BCUT2D eigenvalue weighted by molar-refractivity contribution is 9.10. The highest BCUT2D eigenvalue weighted by Gasteiger charge is 2.09. The van der Waals surface area contributed by atoms with Crippen LogP contribution in [-0.2, 0) is 13.2 Å². The smallest absolute Gasteiger partial charge is 0.255 e. The van der Waals surface area contributed by atoms with Crippen LogP contribution in [0.4, 0.5) is 10.1 Å². The maximum Gasteiger partial charge on any atom is 0.255 e. The van der Waals surface area contributed by atoms with E-state index in [2.05, 4.69) is 26.3 Å². The fourth-order valence-corrected chi connectivity index (χ4v) is 3.73. The highest BCUT2D eigenvalue weighted by atomic mass is 79.9. The number of nitrogens with zero attached hydrogens (tertiary/aromatic N) is 2. The molecule has 0 fully saturated rings. The molecule has 0 aliphatic rings. The van der Waals surface area contributed by atoms with E-state index in [9.17, 15) is 9.18 Å². The first kappa shape index (κ1) is 22.0. The van der Waals surface area contributed by atoms with Gasteiger partial charge in [0.2, 0.25) is 0 Å². The fraction of sp³-hybridized carbons (Fsp3) is 0.0833. The van der Waals surface area contributed by atoms with Crippen LogP contribution in [0.3, 0.4) is 0 Å². The molecule has 0 atom stereocenters. The molecule has 1 amide bonds. The normalized spacial score (nSPS) is 10.7. The molecule has 0 spiro atoms. The second-order valence-corrected chi connectivity index (χ2v) is 8.39. The Hall–Kier alpha value is -3.16. The van der Waals surface area contributed by atoms with Gasteiger partial charge in [-0.2, -0.15) is 5.10 Å². The van der Waals surface area contributed by atoms with Crippen molar-refractivity contribution in [2.45, 2.75) is 13.2 Å². The number of aromatic nitrogens is 2. The topological polar surface area (TPSA) is 56.2 Å². The zero-order valence-electron chi connectivity index (χ0n) is 16.8. The molecule has 0 bridgehead atoms. The lowest BCUT2D eigenvalue weighted by Gasteiger charge is -2.09. The van der Waals surface area contributed by atoms with Gasteiger partial charge in [-0.1, -0.05) is 51.8 Å². The molecule has 1 aromatic heterocycles. The van der Waals surface area contributed by atoms with E-state index in [4.69, 9.17) is 16.3 Å². The van der Waals surface area contributed by atoms with E-state index in [-0.39, 0.29) is 11.7 Å². The molecule has 162 valence electrons. The number of ether oxygens (including phenoxy) is 1. The maximum atomic E-state index is 13.0. The van der Waals surface area contributed by atoms with Crippen molar-refractivity contribution in [2.24, 2.45) is 0 Å². The molecule has 0 saturated heterocycles. The van der Waals surface area contributed by atoms with Gasteiger partial charge >= 0.3 is 0 Å². The third-order valence-electron chi connectivity index (χ3n) is 4.65. The highest BCUT2D eigenvalue weighted by Crippen LogP contribution is 2.28. The minimum Gasteiger partial charge on any atom is -0.487 e. The first-order valence-electron chi connectivity index (χ1n) is 9.71. The van der Waals surface area contributed by atoms with Crippen LogP contribution in [0.5, 0.6) is 5.75 Å². The molecule has 8 heteroatoms. The second kappa shape index (κ2) is 9.97. The molecule has 0 aliphatic carbocycles. The molecule has 32 heavy (non-hydrogen) atoms. The average Bonchev–Trinajstić information content (AvgIpc) is 3.22. The fourth-order valence-electron chi connectivity index (χ4n) is 3.00. The van der Waals surface area contributed by atoms with Crippen molar-refractivity contribution in [3.8, 4) is 5.75 Å². The van der Waals surface area contributed by atoms with Gasteiger partial charge < -0.3 is 10.1 Å². The van der Waals surface area contributed by atoms with E-state index >= 15 is 0 Å². The van der Waals surface area contributed by atoms with Gasteiger partial charge in [0, 0.05) is 16.2 Å². The van der Waals surface area contributed by atoms with Crippen molar-refractivity contribution in [3.05, 3.63) is 111 Å². The van der Waals surface area contributed by atoms with Crippen molar-refractivity contribution in [1.82, 2.24) is 9.78 Å². The van der Waals surface area contributed by atoms with Crippen LogP contribution in [0.25, 0.3) is 0 Å². The number of amides is 1. The first-order chi connectivity index (χ1) is 15.5. The summed E-state index contributed by atoms with van der Waals surface area (Å²) in [5.74, 6) is 0.0703. The Morgan fingerprint density at radius 1 is 1.06 bits per heavy atom. The molecule has 4 rings (SSSR count). The van der Waals surface area contributed by atoms with E-state index in [1.807, 2.05) is 18.2 Å². The van der Waals surface area contributed by atoms with E-state index in [0.29, 0.717) is 35.2 Å². The third kappa shape index (κ3) is 5.75. The van der Waals surface area contributed by atoms with Crippen LogP contribution in [0.15, 0.2) is 83.6 Å². The Balaban J connectivity index is 1.32. The van der Waals surface area contributed by atoms with Gasteiger partial charge in [0.25, 0.3) is 5.91 Å². The summed E-state index contributed by atoms with van der Waals surface area (Å²) in [4.78, 5) is 12.5. The third-order valence-corrected chi connectivity index (χ3v) is 5.44. The Morgan fingerprint density at radius 3 is 2.50 bits per heavy atom. The molecule has 4 aromatic rings. The van der Waals surface area contributed by atoms with Crippen molar-refractivity contribution in [3.63, 3.8) is 0 Å². The standard InChI is InChI=1S/C24H18BrClFN3O2/c25-19-7-10-23(22(26)11-19)32-15-17-1-5-18(6-2-17)24(31)29-21-12-28-30(14-21)13-16-3-8-20(27)9-4-16/h1-12,14H,13,15H2,(H,29,31). The molecule has 0 unspecified atom stereocenters.